The highest BCUT2D eigenvalue weighted by molar-refractivity contribution is 7.99. The molecule has 4 aromatic rings. The van der Waals surface area contributed by atoms with Gasteiger partial charge >= 0.3 is 17.9 Å². The first kappa shape index (κ1) is 30.2. The number of ether oxygens (including phenoxy) is 3. The summed E-state index contributed by atoms with van der Waals surface area (Å²) in [5.74, 6) is -2.40. The summed E-state index contributed by atoms with van der Waals surface area (Å²) in [5, 5.41) is 21.5. The fourth-order valence-electron chi connectivity index (χ4n) is 5.10. The minimum Gasteiger partial charge on any atom is -0.478 e. The van der Waals surface area contributed by atoms with E-state index in [9.17, 15) is 29.4 Å². The van der Waals surface area contributed by atoms with Crippen LogP contribution in [0, 0.1) is 0 Å². The van der Waals surface area contributed by atoms with Crippen molar-refractivity contribution in [1.82, 2.24) is 0 Å². The Kier molecular flexibility index (Phi) is 8.76. The van der Waals surface area contributed by atoms with Crippen molar-refractivity contribution in [2.75, 3.05) is 11.1 Å². The molecule has 1 amide bonds. The Bertz CT molecular complexity index is 1770. The van der Waals surface area contributed by atoms with Crippen LogP contribution >= 0.6 is 11.8 Å². The molecule has 2 aliphatic heterocycles. The third-order valence-electron chi connectivity index (χ3n) is 7.48. The van der Waals surface area contributed by atoms with E-state index in [1.54, 1.807) is 54.2 Å². The van der Waals surface area contributed by atoms with Crippen LogP contribution in [0.1, 0.15) is 76.9 Å². The fourth-order valence-corrected chi connectivity index (χ4v) is 6.02. The Balaban J connectivity index is 1.20. The minimum atomic E-state index is -0.982. The van der Waals surface area contributed by atoms with Crippen LogP contribution in [0.4, 0.5) is 5.69 Å². The molecule has 0 saturated carbocycles. The van der Waals surface area contributed by atoms with Crippen LogP contribution in [0.15, 0.2) is 95.9 Å². The summed E-state index contributed by atoms with van der Waals surface area (Å²) in [6.07, 6.45) is -0.750. The molecule has 4 aromatic carbocycles. The van der Waals surface area contributed by atoms with E-state index in [0.29, 0.717) is 23.4 Å². The molecule has 0 radical (unpaired) electrons. The summed E-state index contributed by atoms with van der Waals surface area (Å²) >= 11 is 1.55. The fraction of sp³-hybridized carbons (Fsp3) is 0.176. The molecule has 1 saturated heterocycles. The summed E-state index contributed by atoms with van der Waals surface area (Å²) in [4.78, 5) is 48.9. The van der Waals surface area contributed by atoms with E-state index < -0.39 is 30.1 Å². The van der Waals surface area contributed by atoms with Gasteiger partial charge in [-0.05, 0) is 65.7 Å². The van der Waals surface area contributed by atoms with Crippen molar-refractivity contribution >= 4 is 41.3 Å². The molecule has 0 spiro atoms. The summed E-state index contributed by atoms with van der Waals surface area (Å²) in [6.45, 7) is -0.0658. The number of aliphatic hydroxyl groups is 1. The van der Waals surface area contributed by atoms with Gasteiger partial charge in [0, 0.05) is 33.9 Å². The average molecular weight is 626 g/mol. The molecule has 0 aromatic heterocycles. The standard InChI is InChI=1S/C34H27NO9S/c36-17-19-4-6-20(7-5-19)29-16-25(18-45-26-11-8-21(9-12-26)31(38)39)42-34(43-29)23-2-1-3-24(14-23)35-30(37)22-10-13-27-28(15-22)33(41)44-32(27)40/h1-15,25,29,34,36H,16-18H2,(H,35,37)(H,38,39)/t25-,29+,34?/m0/s1. The van der Waals surface area contributed by atoms with Gasteiger partial charge in [0.15, 0.2) is 6.29 Å². The first-order valence-electron chi connectivity index (χ1n) is 14.1. The third kappa shape index (κ3) is 6.81. The molecule has 0 aliphatic carbocycles. The number of esters is 2. The molecule has 1 fully saturated rings. The number of nitrogens with one attached hydrogen (secondary N) is 1. The molecule has 6 rings (SSSR count). The molecule has 2 heterocycles. The van der Waals surface area contributed by atoms with Gasteiger partial charge in [-0.1, -0.05) is 36.4 Å². The van der Waals surface area contributed by atoms with E-state index in [2.05, 4.69) is 10.1 Å². The normalized spacial score (nSPS) is 19.1. The maximum atomic E-state index is 13.0. The highest BCUT2D eigenvalue weighted by Crippen LogP contribution is 2.40. The second-order valence-corrected chi connectivity index (χ2v) is 11.6. The molecule has 2 aliphatic rings. The molecule has 1 unspecified atom stereocenters. The third-order valence-corrected chi connectivity index (χ3v) is 8.62. The number of thioether (sulfide) groups is 1. The second kappa shape index (κ2) is 13.0. The monoisotopic (exact) mass is 625 g/mol. The molecule has 3 N–H and O–H groups in total. The Labute approximate surface area is 261 Å². The molecule has 10 nitrogen and oxygen atoms in total. The maximum Gasteiger partial charge on any atom is 0.346 e. The Morgan fingerprint density at radius 3 is 2.29 bits per heavy atom. The predicted molar refractivity (Wildman–Crippen MR) is 163 cm³/mol. The number of carboxylic acid groups (broad SMARTS) is 1. The number of benzene rings is 4. The van der Waals surface area contributed by atoms with E-state index >= 15 is 0 Å². The van der Waals surface area contributed by atoms with Gasteiger partial charge < -0.3 is 29.7 Å². The molecule has 11 heteroatoms. The van der Waals surface area contributed by atoms with Crippen molar-refractivity contribution in [2.24, 2.45) is 0 Å². The number of cyclic esters (lactones) is 2. The van der Waals surface area contributed by atoms with Crippen LogP contribution in [-0.2, 0) is 20.8 Å². The van der Waals surface area contributed by atoms with Crippen molar-refractivity contribution in [3.05, 3.63) is 130 Å². The average Bonchev–Trinajstić information content (AvgIpc) is 3.35. The lowest BCUT2D eigenvalue weighted by Gasteiger charge is -2.36. The topological polar surface area (TPSA) is 148 Å². The predicted octanol–water partition coefficient (Wildman–Crippen LogP) is 5.78. The molecule has 45 heavy (non-hydrogen) atoms. The van der Waals surface area contributed by atoms with Crippen molar-refractivity contribution in [3.8, 4) is 0 Å². The Morgan fingerprint density at radius 2 is 1.56 bits per heavy atom. The number of hydrogen-bond acceptors (Lipinski definition) is 9. The molecule has 228 valence electrons. The van der Waals surface area contributed by atoms with E-state index in [-0.39, 0.29) is 41.1 Å². The first-order valence-corrected chi connectivity index (χ1v) is 15.0. The lowest BCUT2D eigenvalue weighted by Crippen LogP contribution is -2.31. The number of carboxylic acids is 1. The molecular weight excluding hydrogens is 598 g/mol. The number of aliphatic hydroxyl groups excluding tert-OH is 1. The zero-order valence-corrected chi connectivity index (χ0v) is 24.5. The van der Waals surface area contributed by atoms with Gasteiger partial charge in [0.2, 0.25) is 0 Å². The number of hydrogen-bond donors (Lipinski definition) is 3. The molecular formula is C34H27NO9S. The van der Waals surface area contributed by atoms with Crippen molar-refractivity contribution in [3.63, 3.8) is 0 Å². The number of amides is 1. The van der Waals surface area contributed by atoms with Crippen molar-refractivity contribution < 1.29 is 43.6 Å². The van der Waals surface area contributed by atoms with Gasteiger partial charge in [-0.3, -0.25) is 4.79 Å². The zero-order valence-electron chi connectivity index (χ0n) is 23.7. The minimum absolute atomic E-state index is 0.0465. The van der Waals surface area contributed by atoms with Crippen LogP contribution in [0.5, 0.6) is 0 Å². The van der Waals surface area contributed by atoms with Gasteiger partial charge in [-0.25, -0.2) is 14.4 Å². The van der Waals surface area contributed by atoms with Gasteiger partial charge in [0.1, 0.15) is 0 Å². The second-order valence-electron chi connectivity index (χ2n) is 10.5. The van der Waals surface area contributed by atoms with Crippen molar-refractivity contribution in [2.45, 2.75) is 36.4 Å². The summed E-state index contributed by atoms with van der Waals surface area (Å²) in [6, 6.07) is 25.5. The Morgan fingerprint density at radius 1 is 0.822 bits per heavy atom. The number of carbonyl (C=O) groups is 4. The van der Waals surface area contributed by atoms with Gasteiger partial charge in [-0.2, -0.15) is 0 Å². The van der Waals surface area contributed by atoms with Gasteiger partial charge in [0.25, 0.3) is 5.91 Å². The van der Waals surface area contributed by atoms with Crippen LogP contribution in [0.3, 0.4) is 0 Å². The van der Waals surface area contributed by atoms with Crippen LogP contribution in [0.2, 0.25) is 0 Å². The summed E-state index contributed by atoms with van der Waals surface area (Å²) in [5.41, 5.74) is 3.44. The Hall–Kier alpha value is -4.81. The lowest BCUT2D eigenvalue weighted by atomic mass is 10.0. The van der Waals surface area contributed by atoms with Crippen LogP contribution in [-0.4, -0.2) is 45.9 Å². The van der Waals surface area contributed by atoms with Gasteiger partial charge in [0.05, 0.1) is 35.5 Å². The summed E-state index contributed by atoms with van der Waals surface area (Å²) < 4.78 is 17.4. The van der Waals surface area contributed by atoms with Crippen LogP contribution < -0.4 is 5.32 Å². The number of rotatable bonds is 9. The number of aromatic carboxylic acids is 1. The van der Waals surface area contributed by atoms with E-state index in [1.807, 2.05) is 30.3 Å². The zero-order chi connectivity index (χ0) is 31.5. The molecule has 0 bridgehead atoms. The van der Waals surface area contributed by atoms with E-state index in [4.69, 9.17) is 9.47 Å². The van der Waals surface area contributed by atoms with Crippen molar-refractivity contribution in [1.29, 1.82) is 0 Å². The highest BCUT2D eigenvalue weighted by Gasteiger charge is 2.33. The number of fused-ring (bicyclic) bond motifs is 1. The van der Waals surface area contributed by atoms with Gasteiger partial charge in [-0.15, -0.1) is 11.8 Å². The SMILES string of the molecule is O=C(O)c1ccc(SC[C@@H]2C[C@H](c3ccc(CO)cc3)OC(c3cccc(NC(=O)c4ccc5c(c4)C(=O)OC5=O)c3)O2)cc1. The lowest BCUT2D eigenvalue weighted by molar-refractivity contribution is -0.245. The van der Waals surface area contributed by atoms with E-state index in [1.165, 1.54) is 18.2 Å². The number of carbonyl (C=O) groups excluding carboxylic acids is 3. The highest BCUT2D eigenvalue weighted by atomic mass is 32.2. The number of anilines is 1. The van der Waals surface area contributed by atoms with E-state index in [0.717, 1.165) is 16.0 Å². The van der Waals surface area contributed by atoms with Crippen LogP contribution in [0.25, 0.3) is 0 Å². The smallest absolute Gasteiger partial charge is 0.346 e. The summed E-state index contributed by atoms with van der Waals surface area (Å²) in [7, 11) is 0. The molecule has 3 atom stereocenters. The quantitative estimate of drug-likeness (QED) is 0.119. The first-order chi connectivity index (χ1) is 21.8. The largest absolute Gasteiger partial charge is 0.478 e. The maximum absolute atomic E-state index is 13.0.